The van der Waals surface area contributed by atoms with Crippen LogP contribution in [0.2, 0.25) is 0 Å². The summed E-state index contributed by atoms with van der Waals surface area (Å²) in [5.41, 5.74) is 3.04. The summed E-state index contributed by atoms with van der Waals surface area (Å²) in [6.45, 7) is 7.83. The number of hydrogen-bond donors (Lipinski definition) is 0. The Hall–Kier alpha value is -1.38. The molecule has 0 saturated carbocycles. The Kier molecular flexibility index (Phi) is 4.67. The number of pyridine rings is 1. The topological polar surface area (TPSA) is 39.2 Å². The minimum atomic E-state index is 0.0265. The summed E-state index contributed by atoms with van der Waals surface area (Å²) in [5, 5.41) is 0. The largest absolute Gasteiger partial charge is 0.496 e. The molecule has 17 heavy (non-hydrogen) atoms. The zero-order valence-electron chi connectivity index (χ0n) is 11.3. The lowest BCUT2D eigenvalue weighted by Crippen LogP contribution is -2.14. The van der Waals surface area contributed by atoms with Crippen molar-refractivity contribution < 1.29 is 9.53 Å². The number of methoxy groups -OCH3 is 1. The van der Waals surface area contributed by atoms with E-state index in [1.165, 1.54) is 0 Å². The van der Waals surface area contributed by atoms with Crippen molar-refractivity contribution in [3.8, 4) is 5.75 Å². The number of carbonyl (C=O) groups excluding carboxylic acids is 1. The van der Waals surface area contributed by atoms with E-state index < -0.39 is 0 Å². The van der Waals surface area contributed by atoms with Crippen molar-refractivity contribution in [2.45, 2.75) is 40.5 Å². The minimum Gasteiger partial charge on any atom is -0.496 e. The molecule has 0 amide bonds. The smallest absolute Gasteiger partial charge is 0.135 e. The first kappa shape index (κ1) is 13.7. The maximum atomic E-state index is 11.6. The van der Waals surface area contributed by atoms with Gasteiger partial charge in [-0.15, -0.1) is 0 Å². The summed E-state index contributed by atoms with van der Waals surface area (Å²) in [6, 6.07) is 0. The number of aromatic nitrogens is 1. The molecule has 0 aliphatic heterocycles. The number of carbonyl (C=O) groups is 1. The first-order chi connectivity index (χ1) is 8.01. The second-order valence-corrected chi connectivity index (χ2v) is 4.47. The molecule has 1 unspecified atom stereocenters. The van der Waals surface area contributed by atoms with Crippen molar-refractivity contribution >= 4 is 5.78 Å². The van der Waals surface area contributed by atoms with E-state index in [1.54, 1.807) is 7.11 Å². The molecular weight excluding hydrogens is 214 g/mol. The lowest BCUT2D eigenvalue weighted by atomic mass is 9.96. The molecule has 0 fully saturated rings. The molecule has 0 N–H and O–H groups in total. The van der Waals surface area contributed by atoms with E-state index in [-0.39, 0.29) is 11.7 Å². The molecule has 1 aromatic heterocycles. The van der Waals surface area contributed by atoms with Crippen molar-refractivity contribution in [1.82, 2.24) is 4.98 Å². The molecule has 94 valence electrons. The van der Waals surface area contributed by atoms with Crippen LogP contribution in [-0.4, -0.2) is 17.9 Å². The highest BCUT2D eigenvalue weighted by atomic mass is 16.5. The molecular formula is C14H21NO2. The van der Waals surface area contributed by atoms with Gasteiger partial charge in [0.15, 0.2) is 0 Å². The number of ether oxygens (including phenoxy) is 1. The molecule has 3 nitrogen and oxygen atoms in total. The van der Waals surface area contributed by atoms with E-state index in [0.29, 0.717) is 12.8 Å². The zero-order valence-corrected chi connectivity index (χ0v) is 11.3. The molecule has 0 bridgehead atoms. The standard InChI is InChI=1S/C14H21NO2/c1-6-13(16)9(2)7-12-11(4)14(17-5)10(3)8-15-12/h8-9H,6-7H2,1-5H3. The third kappa shape index (κ3) is 3.05. The molecule has 0 spiro atoms. The molecule has 0 saturated heterocycles. The number of aryl methyl sites for hydroxylation is 1. The second-order valence-electron chi connectivity index (χ2n) is 4.47. The summed E-state index contributed by atoms with van der Waals surface area (Å²) >= 11 is 0. The number of hydrogen-bond acceptors (Lipinski definition) is 3. The van der Waals surface area contributed by atoms with Crippen LogP contribution < -0.4 is 4.74 Å². The van der Waals surface area contributed by atoms with E-state index in [4.69, 9.17) is 4.74 Å². The molecule has 0 aliphatic carbocycles. The average molecular weight is 235 g/mol. The van der Waals surface area contributed by atoms with Crippen molar-refractivity contribution in [3.63, 3.8) is 0 Å². The van der Waals surface area contributed by atoms with Crippen LogP contribution >= 0.6 is 0 Å². The van der Waals surface area contributed by atoms with Gasteiger partial charge in [-0.25, -0.2) is 0 Å². The second kappa shape index (κ2) is 5.80. The van der Waals surface area contributed by atoms with Gasteiger partial charge in [-0.05, 0) is 20.3 Å². The van der Waals surface area contributed by atoms with Crippen LogP contribution in [-0.2, 0) is 11.2 Å². The van der Waals surface area contributed by atoms with Gasteiger partial charge >= 0.3 is 0 Å². The fourth-order valence-corrected chi connectivity index (χ4v) is 2.03. The van der Waals surface area contributed by atoms with Crippen LogP contribution in [0, 0.1) is 19.8 Å². The van der Waals surface area contributed by atoms with Gasteiger partial charge in [0, 0.05) is 35.4 Å². The Balaban J connectivity index is 2.96. The maximum absolute atomic E-state index is 11.6. The molecule has 1 heterocycles. The van der Waals surface area contributed by atoms with Gasteiger partial charge in [-0.1, -0.05) is 13.8 Å². The number of ketones is 1. The van der Waals surface area contributed by atoms with E-state index in [0.717, 1.165) is 22.6 Å². The highest BCUT2D eigenvalue weighted by molar-refractivity contribution is 5.80. The Morgan fingerprint density at radius 3 is 2.65 bits per heavy atom. The third-order valence-corrected chi connectivity index (χ3v) is 3.15. The van der Waals surface area contributed by atoms with Gasteiger partial charge < -0.3 is 4.74 Å². The summed E-state index contributed by atoms with van der Waals surface area (Å²) < 4.78 is 5.36. The molecule has 1 aromatic rings. The van der Waals surface area contributed by atoms with Crippen molar-refractivity contribution in [1.29, 1.82) is 0 Å². The van der Waals surface area contributed by atoms with E-state index in [2.05, 4.69) is 4.98 Å². The first-order valence-electron chi connectivity index (χ1n) is 6.03. The van der Waals surface area contributed by atoms with E-state index in [9.17, 15) is 4.79 Å². The molecule has 0 aromatic carbocycles. The highest BCUT2D eigenvalue weighted by Crippen LogP contribution is 2.25. The minimum absolute atomic E-state index is 0.0265. The fraction of sp³-hybridized carbons (Fsp3) is 0.571. The van der Waals surface area contributed by atoms with Crippen LogP contribution in [0.3, 0.4) is 0 Å². The Morgan fingerprint density at radius 2 is 2.12 bits per heavy atom. The predicted molar refractivity (Wildman–Crippen MR) is 68.4 cm³/mol. The molecule has 0 radical (unpaired) electrons. The monoisotopic (exact) mass is 235 g/mol. The van der Waals surface area contributed by atoms with Crippen LogP contribution in [0.25, 0.3) is 0 Å². The van der Waals surface area contributed by atoms with Gasteiger partial charge in [-0.3, -0.25) is 9.78 Å². The number of Topliss-reactive ketones (excluding diaryl/α,β-unsaturated/α-hetero) is 1. The summed E-state index contributed by atoms with van der Waals surface area (Å²) in [5.74, 6) is 1.19. The summed E-state index contributed by atoms with van der Waals surface area (Å²) in [4.78, 5) is 16.0. The van der Waals surface area contributed by atoms with Gasteiger partial charge in [0.1, 0.15) is 11.5 Å². The lowest BCUT2D eigenvalue weighted by Gasteiger charge is -2.14. The predicted octanol–water partition coefficient (Wildman–Crippen LogP) is 2.86. The highest BCUT2D eigenvalue weighted by Gasteiger charge is 2.16. The maximum Gasteiger partial charge on any atom is 0.135 e. The quantitative estimate of drug-likeness (QED) is 0.787. The molecule has 3 heteroatoms. The molecule has 0 aliphatic rings. The SMILES string of the molecule is CCC(=O)C(C)Cc1ncc(C)c(OC)c1C. The first-order valence-corrected chi connectivity index (χ1v) is 6.03. The Morgan fingerprint density at radius 1 is 1.47 bits per heavy atom. The van der Waals surface area contributed by atoms with Crippen LogP contribution in [0.5, 0.6) is 5.75 Å². The number of rotatable bonds is 5. The lowest BCUT2D eigenvalue weighted by molar-refractivity contribution is -0.122. The van der Waals surface area contributed by atoms with E-state index >= 15 is 0 Å². The van der Waals surface area contributed by atoms with Gasteiger partial charge in [0.25, 0.3) is 0 Å². The van der Waals surface area contributed by atoms with Crippen molar-refractivity contribution in [2.75, 3.05) is 7.11 Å². The van der Waals surface area contributed by atoms with Crippen LogP contribution in [0.15, 0.2) is 6.20 Å². The number of nitrogens with zero attached hydrogens (tertiary/aromatic N) is 1. The normalized spacial score (nSPS) is 12.3. The van der Waals surface area contributed by atoms with Crippen molar-refractivity contribution in [3.05, 3.63) is 23.0 Å². The summed E-state index contributed by atoms with van der Waals surface area (Å²) in [7, 11) is 1.67. The van der Waals surface area contributed by atoms with E-state index in [1.807, 2.05) is 33.9 Å². The van der Waals surface area contributed by atoms with Crippen molar-refractivity contribution in [2.24, 2.45) is 5.92 Å². The zero-order chi connectivity index (χ0) is 13.0. The van der Waals surface area contributed by atoms with Gasteiger partial charge in [0.2, 0.25) is 0 Å². The van der Waals surface area contributed by atoms with Crippen LogP contribution in [0.1, 0.15) is 37.1 Å². The molecule has 1 atom stereocenters. The fourth-order valence-electron chi connectivity index (χ4n) is 2.03. The van der Waals surface area contributed by atoms with Crippen LogP contribution in [0.4, 0.5) is 0 Å². The molecule has 1 rings (SSSR count). The Labute approximate surface area is 103 Å². The third-order valence-electron chi connectivity index (χ3n) is 3.15. The Bertz CT molecular complexity index is 413. The van der Waals surface area contributed by atoms with Gasteiger partial charge in [0.05, 0.1) is 7.11 Å². The summed E-state index contributed by atoms with van der Waals surface area (Å²) in [6.07, 6.45) is 3.09. The average Bonchev–Trinajstić information content (AvgIpc) is 2.32. The van der Waals surface area contributed by atoms with Gasteiger partial charge in [-0.2, -0.15) is 0 Å².